The second-order valence-corrected chi connectivity index (χ2v) is 7.58. The van der Waals surface area contributed by atoms with E-state index in [0.717, 1.165) is 6.07 Å². The number of hydrogen-bond acceptors (Lipinski definition) is 7. The van der Waals surface area contributed by atoms with Crippen LogP contribution in [0.1, 0.15) is 18.5 Å². The SMILES string of the molecule is C[C@@]1(C(=O)[O-])[NH2+][C@@H](c2ccccc2O)[C@H]2C(=O)N(c3ccccc3[N+](=O)[O-])C(=O)[C@H]21. The molecule has 2 aromatic rings. The van der Waals surface area contributed by atoms with Crippen LogP contribution in [0.15, 0.2) is 48.5 Å². The van der Waals surface area contributed by atoms with Gasteiger partial charge in [-0.3, -0.25) is 19.7 Å². The van der Waals surface area contributed by atoms with Crippen molar-refractivity contribution in [2.45, 2.75) is 18.5 Å². The molecule has 4 rings (SSSR count). The molecule has 10 heteroatoms. The Bertz CT molecular complexity index is 1100. The van der Waals surface area contributed by atoms with Crippen molar-refractivity contribution in [2.75, 3.05) is 4.90 Å². The van der Waals surface area contributed by atoms with Crippen LogP contribution in [-0.2, 0) is 14.4 Å². The number of benzene rings is 2. The van der Waals surface area contributed by atoms with Crippen LogP contribution >= 0.6 is 0 Å². The third-order valence-electron chi connectivity index (χ3n) is 5.96. The fourth-order valence-corrected chi connectivity index (χ4v) is 4.56. The molecule has 0 bridgehead atoms. The van der Waals surface area contributed by atoms with E-state index in [1.165, 1.54) is 36.5 Å². The predicted octanol–water partition coefficient (Wildman–Crippen LogP) is -0.767. The number of amides is 2. The van der Waals surface area contributed by atoms with E-state index in [1.807, 2.05) is 0 Å². The standard InChI is InChI=1S/C20H17N3O7/c1-20(19(27)28)15-14(16(21-20)10-6-2-5-9-13(10)24)17(25)22(18(15)26)11-7-3-4-8-12(11)23(29)30/h2-9,14-16,21,24H,1H3,(H,27,28)/t14-,15-,16-,20+/m0/s1. The van der Waals surface area contributed by atoms with Gasteiger partial charge in [0, 0.05) is 6.07 Å². The van der Waals surface area contributed by atoms with Gasteiger partial charge in [-0.1, -0.05) is 24.3 Å². The molecule has 2 aliphatic rings. The number of hydrogen-bond donors (Lipinski definition) is 2. The largest absolute Gasteiger partial charge is 0.544 e. The number of phenols is 1. The molecule has 30 heavy (non-hydrogen) atoms. The Hall–Kier alpha value is -3.79. The third kappa shape index (κ3) is 2.57. The van der Waals surface area contributed by atoms with E-state index in [9.17, 15) is 34.7 Å². The van der Waals surface area contributed by atoms with Gasteiger partial charge in [0.1, 0.15) is 40.8 Å². The smallest absolute Gasteiger partial charge is 0.293 e. The molecule has 2 amide bonds. The minimum absolute atomic E-state index is 0.149. The highest BCUT2D eigenvalue weighted by atomic mass is 16.6. The molecule has 4 atom stereocenters. The molecular weight excluding hydrogens is 394 g/mol. The minimum atomic E-state index is -1.80. The molecule has 2 aromatic carbocycles. The van der Waals surface area contributed by atoms with Crippen LogP contribution in [0.25, 0.3) is 0 Å². The van der Waals surface area contributed by atoms with Crippen LogP contribution in [0, 0.1) is 22.0 Å². The third-order valence-corrected chi connectivity index (χ3v) is 5.96. The van der Waals surface area contributed by atoms with Crippen LogP contribution < -0.4 is 15.3 Å². The van der Waals surface area contributed by atoms with E-state index in [0.29, 0.717) is 10.5 Å². The lowest BCUT2D eigenvalue weighted by molar-refractivity contribution is -0.735. The molecule has 154 valence electrons. The zero-order valence-electron chi connectivity index (χ0n) is 15.7. The Balaban J connectivity index is 1.88. The molecule has 2 aliphatic heterocycles. The molecule has 2 heterocycles. The highest BCUT2D eigenvalue weighted by Gasteiger charge is 2.68. The maximum atomic E-state index is 13.3. The number of carboxylic acid groups (broad SMARTS) is 1. The van der Waals surface area contributed by atoms with Crippen molar-refractivity contribution < 1.29 is 34.8 Å². The van der Waals surface area contributed by atoms with Crippen molar-refractivity contribution in [1.82, 2.24) is 0 Å². The van der Waals surface area contributed by atoms with Crippen LogP contribution in [0.3, 0.4) is 0 Å². The second-order valence-electron chi connectivity index (χ2n) is 7.58. The lowest BCUT2D eigenvalue weighted by Gasteiger charge is -2.28. The molecule has 0 aromatic heterocycles. The molecule has 0 spiro atoms. The number of para-hydroxylation sites is 3. The van der Waals surface area contributed by atoms with Crippen molar-refractivity contribution in [1.29, 1.82) is 0 Å². The first kappa shape index (κ1) is 19.5. The number of carbonyl (C=O) groups is 3. The number of nitrogens with two attached hydrogens (primary N) is 1. The quantitative estimate of drug-likeness (QED) is 0.380. The van der Waals surface area contributed by atoms with Crippen molar-refractivity contribution >= 4 is 29.2 Å². The number of imide groups is 1. The Morgan fingerprint density at radius 2 is 1.77 bits per heavy atom. The number of fused-ring (bicyclic) bond motifs is 1. The summed E-state index contributed by atoms with van der Waals surface area (Å²) in [6.07, 6.45) is 0. The minimum Gasteiger partial charge on any atom is -0.544 e. The van der Waals surface area contributed by atoms with Gasteiger partial charge in [-0.25, -0.2) is 4.90 Å². The number of carboxylic acids is 1. The summed E-state index contributed by atoms with van der Waals surface area (Å²) in [5.41, 5.74) is -2.17. The van der Waals surface area contributed by atoms with Gasteiger partial charge < -0.3 is 20.3 Å². The van der Waals surface area contributed by atoms with Crippen LogP contribution in [0.4, 0.5) is 11.4 Å². The number of rotatable bonds is 4. The Kier molecular flexibility index (Phi) is 4.31. The summed E-state index contributed by atoms with van der Waals surface area (Å²) in [5.74, 6) is -5.76. The lowest BCUT2D eigenvalue weighted by atomic mass is 9.80. The van der Waals surface area contributed by atoms with E-state index >= 15 is 0 Å². The Morgan fingerprint density at radius 1 is 1.13 bits per heavy atom. The summed E-state index contributed by atoms with van der Waals surface area (Å²) in [6, 6.07) is 10.5. The van der Waals surface area contributed by atoms with Crippen molar-refractivity contribution in [3.05, 3.63) is 64.2 Å². The van der Waals surface area contributed by atoms with Gasteiger partial charge in [-0.15, -0.1) is 0 Å². The summed E-state index contributed by atoms with van der Waals surface area (Å²) < 4.78 is 0. The maximum Gasteiger partial charge on any atom is 0.293 e. The van der Waals surface area contributed by atoms with E-state index in [2.05, 4.69) is 0 Å². The first-order chi connectivity index (χ1) is 14.2. The van der Waals surface area contributed by atoms with Gasteiger partial charge in [0.05, 0.1) is 10.5 Å². The van der Waals surface area contributed by atoms with Gasteiger partial charge in [-0.05, 0) is 25.1 Å². The molecule has 0 unspecified atom stereocenters. The van der Waals surface area contributed by atoms with E-state index in [4.69, 9.17) is 0 Å². The molecule has 0 aliphatic carbocycles. The zero-order valence-corrected chi connectivity index (χ0v) is 15.7. The highest BCUT2D eigenvalue weighted by molar-refractivity contribution is 6.24. The number of phenolic OH excluding ortho intramolecular Hbond substituents is 1. The number of aromatic hydroxyl groups is 1. The first-order valence-corrected chi connectivity index (χ1v) is 9.15. The monoisotopic (exact) mass is 411 g/mol. The molecular formula is C20H17N3O7. The lowest BCUT2D eigenvalue weighted by Crippen LogP contribution is -2.98. The number of nitro groups is 1. The number of nitrogens with zero attached hydrogens (tertiary/aromatic N) is 2. The summed E-state index contributed by atoms with van der Waals surface area (Å²) in [6.45, 7) is 1.29. The Morgan fingerprint density at radius 3 is 2.40 bits per heavy atom. The van der Waals surface area contributed by atoms with Gasteiger partial charge >= 0.3 is 0 Å². The molecule has 2 saturated heterocycles. The average molecular weight is 411 g/mol. The molecule has 0 saturated carbocycles. The normalized spacial score (nSPS) is 27.9. The van der Waals surface area contributed by atoms with Crippen LogP contribution in [0.5, 0.6) is 5.75 Å². The summed E-state index contributed by atoms with van der Waals surface area (Å²) in [7, 11) is 0. The van der Waals surface area contributed by atoms with Crippen molar-refractivity contribution in [3.63, 3.8) is 0 Å². The summed E-state index contributed by atoms with van der Waals surface area (Å²) >= 11 is 0. The summed E-state index contributed by atoms with van der Waals surface area (Å²) in [5, 5.41) is 35.0. The fraction of sp³-hybridized carbons (Fsp3) is 0.250. The van der Waals surface area contributed by atoms with E-state index < -0.39 is 51.8 Å². The first-order valence-electron chi connectivity index (χ1n) is 9.15. The number of quaternary nitrogens is 1. The number of nitro benzene ring substituents is 1. The molecule has 10 nitrogen and oxygen atoms in total. The molecule has 0 radical (unpaired) electrons. The topological polar surface area (TPSA) is 157 Å². The van der Waals surface area contributed by atoms with Crippen molar-refractivity contribution in [2.24, 2.45) is 11.8 Å². The Labute approximate surface area is 169 Å². The zero-order chi connectivity index (χ0) is 21.8. The van der Waals surface area contributed by atoms with Crippen molar-refractivity contribution in [3.8, 4) is 5.75 Å². The van der Waals surface area contributed by atoms with Gasteiger partial charge in [0.2, 0.25) is 11.8 Å². The second kappa shape index (κ2) is 6.63. The maximum absolute atomic E-state index is 13.3. The van der Waals surface area contributed by atoms with Gasteiger partial charge in [0.25, 0.3) is 5.69 Å². The van der Waals surface area contributed by atoms with Gasteiger partial charge in [0.15, 0.2) is 0 Å². The fourth-order valence-electron chi connectivity index (χ4n) is 4.56. The van der Waals surface area contributed by atoms with Gasteiger partial charge in [-0.2, -0.15) is 0 Å². The summed E-state index contributed by atoms with van der Waals surface area (Å²) in [4.78, 5) is 50.0. The number of anilines is 1. The van der Waals surface area contributed by atoms with Crippen LogP contribution in [-0.4, -0.2) is 33.4 Å². The number of aliphatic carboxylic acids is 1. The highest BCUT2D eigenvalue weighted by Crippen LogP contribution is 2.47. The van der Waals surface area contributed by atoms with Crippen LogP contribution in [0.2, 0.25) is 0 Å². The predicted molar refractivity (Wildman–Crippen MR) is 98.8 cm³/mol. The van der Waals surface area contributed by atoms with E-state index in [1.54, 1.807) is 18.2 Å². The van der Waals surface area contributed by atoms with E-state index in [-0.39, 0.29) is 11.4 Å². The molecule has 2 fully saturated rings. The average Bonchev–Trinajstić information content (AvgIpc) is 3.16. The molecule has 3 N–H and O–H groups in total. The number of carbonyl (C=O) groups excluding carboxylic acids is 3.